The largest absolute Gasteiger partial charge is 0.455 e. The first kappa shape index (κ1) is 16.3. The van der Waals surface area contributed by atoms with E-state index >= 15 is 0 Å². The summed E-state index contributed by atoms with van der Waals surface area (Å²) < 4.78 is 6.42. The van der Waals surface area contributed by atoms with Gasteiger partial charge in [0.1, 0.15) is 11.2 Å². The maximum absolute atomic E-state index is 6.42. The molecule has 0 aliphatic rings. The highest BCUT2D eigenvalue weighted by atomic mass is 28.3. The number of nitrogens with zero attached hydrogens (tertiary/aromatic N) is 1. The number of fused-ring (bicyclic) bond motifs is 5. The number of benzene rings is 3. The van der Waals surface area contributed by atoms with E-state index in [0.717, 1.165) is 38.6 Å². The van der Waals surface area contributed by atoms with Crippen LogP contribution in [0.25, 0.3) is 44.0 Å². The van der Waals surface area contributed by atoms with E-state index in [4.69, 9.17) is 9.40 Å². The van der Waals surface area contributed by atoms with Gasteiger partial charge in [-0.2, -0.15) is 0 Å². The standard InChI is InChI=1S/C24H21NOSi/c1-27(2,3)17-12-14-22(25-15-17)21-10-6-9-19-20-13-11-16-7-4-5-8-18(16)23(20)26-24(19)21/h4-15H,1-3H3. The number of aromatic nitrogens is 1. The molecular weight excluding hydrogens is 346 g/mol. The maximum Gasteiger partial charge on any atom is 0.144 e. The van der Waals surface area contributed by atoms with E-state index in [-0.39, 0.29) is 0 Å². The predicted octanol–water partition coefficient (Wildman–Crippen LogP) is 6.35. The summed E-state index contributed by atoms with van der Waals surface area (Å²) in [6.45, 7) is 7.03. The number of para-hydroxylation sites is 1. The monoisotopic (exact) mass is 367 g/mol. The molecule has 0 saturated heterocycles. The second kappa shape index (κ2) is 5.79. The molecule has 0 unspecified atom stereocenters. The molecular formula is C24H21NOSi. The van der Waals surface area contributed by atoms with Gasteiger partial charge in [-0.3, -0.25) is 4.98 Å². The van der Waals surface area contributed by atoms with Crippen LogP contribution in [-0.4, -0.2) is 13.1 Å². The zero-order valence-corrected chi connectivity index (χ0v) is 16.8. The quantitative estimate of drug-likeness (QED) is 0.340. The van der Waals surface area contributed by atoms with E-state index in [0.29, 0.717) is 0 Å². The van der Waals surface area contributed by atoms with Crippen molar-refractivity contribution >= 4 is 46.0 Å². The van der Waals surface area contributed by atoms with Crippen molar-refractivity contribution in [3.63, 3.8) is 0 Å². The van der Waals surface area contributed by atoms with Gasteiger partial charge in [0.25, 0.3) is 0 Å². The average Bonchev–Trinajstić information content (AvgIpc) is 3.07. The van der Waals surface area contributed by atoms with Gasteiger partial charge in [0.05, 0.1) is 13.8 Å². The topological polar surface area (TPSA) is 26.0 Å². The number of pyridine rings is 1. The van der Waals surface area contributed by atoms with E-state index in [2.05, 4.69) is 86.4 Å². The third kappa shape index (κ3) is 2.58. The molecule has 0 radical (unpaired) electrons. The highest BCUT2D eigenvalue weighted by Crippen LogP contribution is 2.37. The first-order chi connectivity index (χ1) is 13.0. The van der Waals surface area contributed by atoms with Crippen LogP contribution >= 0.6 is 0 Å². The Labute approximate surface area is 159 Å². The summed E-state index contributed by atoms with van der Waals surface area (Å²) in [7, 11) is -1.35. The maximum atomic E-state index is 6.42. The van der Waals surface area contributed by atoms with Gasteiger partial charge in [-0.15, -0.1) is 0 Å². The van der Waals surface area contributed by atoms with Crippen molar-refractivity contribution in [2.75, 3.05) is 0 Å². The number of hydrogen-bond donors (Lipinski definition) is 0. The zero-order valence-electron chi connectivity index (χ0n) is 15.8. The second-order valence-corrected chi connectivity index (χ2v) is 13.2. The number of hydrogen-bond acceptors (Lipinski definition) is 2. The molecule has 0 N–H and O–H groups in total. The number of furan rings is 1. The minimum atomic E-state index is -1.35. The molecule has 0 atom stereocenters. The van der Waals surface area contributed by atoms with Crippen molar-refractivity contribution in [1.82, 2.24) is 4.98 Å². The molecule has 27 heavy (non-hydrogen) atoms. The summed E-state index contributed by atoms with van der Waals surface area (Å²) >= 11 is 0. The van der Waals surface area contributed by atoms with Crippen molar-refractivity contribution in [1.29, 1.82) is 0 Å². The predicted molar refractivity (Wildman–Crippen MR) is 117 cm³/mol. The van der Waals surface area contributed by atoms with Crippen LogP contribution in [0.5, 0.6) is 0 Å². The molecule has 132 valence electrons. The molecule has 3 heteroatoms. The van der Waals surface area contributed by atoms with Crippen LogP contribution < -0.4 is 5.19 Å². The summed E-state index contributed by atoms with van der Waals surface area (Å²) in [6, 6.07) is 23.4. The van der Waals surface area contributed by atoms with Crippen molar-refractivity contribution in [3.8, 4) is 11.3 Å². The zero-order chi connectivity index (χ0) is 18.6. The molecule has 3 aromatic carbocycles. The molecule has 5 rings (SSSR count). The summed E-state index contributed by atoms with van der Waals surface area (Å²) in [5.74, 6) is 0. The van der Waals surface area contributed by atoms with E-state index in [1.54, 1.807) is 0 Å². The van der Waals surface area contributed by atoms with Crippen LogP contribution in [0.15, 0.2) is 77.3 Å². The van der Waals surface area contributed by atoms with Gasteiger partial charge in [0.15, 0.2) is 0 Å². The van der Waals surface area contributed by atoms with Crippen molar-refractivity contribution in [3.05, 3.63) is 72.9 Å². The minimum Gasteiger partial charge on any atom is -0.455 e. The SMILES string of the molecule is C[Si](C)(C)c1ccc(-c2cccc3c2oc2c4ccccc4ccc32)nc1. The lowest BCUT2D eigenvalue weighted by Gasteiger charge is -2.16. The lowest BCUT2D eigenvalue weighted by Crippen LogP contribution is -2.37. The van der Waals surface area contributed by atoms with Gasteiger partial charge in [-0.1, -0.05) is 68.2 Å². The second-order valence-electron chi connectivity index (χ2n) is 8.13. The highest BCUT2D eigenvalue weighted by molar-refractivity contribution is 6.88. The van der Waals surface area contributed by atoms with Crippen LogP contribution in [0.3, 0.4) is 0 Å². The molecule has 2 heterocycles. The molecule has 0 aliphatic carbocycles. The molecule has 0 amide bonds. The Kier molecular flexibility index (Phi) is 3.49. The van der Waals surface area contributed by atoms with Crippen LogP contribution in [-0.2, 0) is 0 Å². The van der Waals surface area contributed by atoms with Crippen molar-refractivity contribution < 1.29 is 4.42 Å². The average molecular weight is 368 g/mol. The van der Waals surface area contributed by atoms with Gasteiger partial charge in [-0.05, 0) is 28.8 Å². The lowest BCUT2D eigenvalue weighted by molar-refractivity contribution is 0.673. The normalized spacial score (nSPS) is 12.3. The number of rotatable bonds is 2. The van der Waals surface area contributed by atoms with Gasteiger partial charge in [0.2, 0.25) is 0 Å². The smallest absolute Gasteiger partial charge is 0.144 e. The molecule has 2 aromatic heterocycles. The summed E-state index contributed by atoms with van der Waals surface area (Å²) in [5.41, 5.74) is 3.88. The fourth-order valence-electron chi connectivity index (χ4n) is 3.72. The van der Waals surface area contributed by atoms with Gasteiger partial charge < -0.3 is 4.42 Å². The van der Waals surface area contributed by atoms with Crippen LogP contribution in [0, 0.1) is 0 Å². The fourth-order valence-corrected chi connectivity index (χ4v) is 4.76. The van der Waals surface area contributed by atoms with E-state index in [1.165, 1.54) is 10.6 Å². The van der Waals surface area contributed by atoms with Crippen LogP contribution in [0.4, 0.5) is 0 Å². The minimum absolute atomic E-state index is 0.914. The molecule has 0 aliphatic heterocycles. The first-order valence-corrected chi connectivity index (χ1v) is 12.8. The molecule has 0 bridgehead atoms. The Bertz CT molecular complexity index is 1290. The van der Waals surface area contributed by atoms with Crippen molar-refractivity contribution in [2.24, 2.45) is 0 Å². The van der Waals surface area contributed by atoms with Gasteiger partial charge in [0, 0.05) is 27.9 Å². The molecule has 0 spiro atoms. The Balaban J connectivity index is 1.77. The van der Waals surface area contributed by atoms with Crippen LogP contribution in [0.1, 0.15) is 0 Å². The van der Waals surface area contributed by atoms with Crippen LogP contribution in [0.2, 0.25) is 19.6 Å². The fraction of sp³-hybridized carbons (Fsp3) is 0.125. The van der Waals surface area contributed by atoms with Gasteiger partial charge in [-0.25, -0.2) is 0 Å². The molecule has 2 nitrogen and oxygen atoms in total. The Hall–Kier alpha value is -2.91. The van der Waals surface area contributed by atoms with E-state index in [9.17, 15) is 0 Å². The van der Waals surface area contributed by atoms with E-state index in [1.807, 2.05) is 6.20 Å². The third-order valence-corrected chi connectivity index (χ3v) is 7.32. The van der Waals surface area contributed by atoms with E-state index < -0.39 is 8.07 Å². The highest BCUT2D eigenvalue weighted by Gasteiger charge is 2.18. The summed E-state index contributed by atoms with van der Waals surface area (Å²) in [4.78, 5) is 4.77. The Morgan fingerprint density at radius 2 is 1.48 bits per heavy atom. The third-order valence-electron chi connectivity index (χ3n) is 5.29. The lowest BCUT2D eigenvalue weighted by atomic mass is 10.0. The first-order valence-electron chi connectivity index (χ1n) is 9.32. The molecule has 0 fully saturated rings. The molecule has 5 aromatic rings. The Morgan fingerprint density at radius 3 is 2.26 bits per heavy atom. The molecule has 0 saturated carbocycles. The summed E-state index contributed by atoms with van der Waals surface area (Å²) in [5, 5.41) is 6.02. The van der Waals surface area contributed by atoms with Gasteiger partial charge >= 0.3 is 0 Å². The summed E-state index contributed by atoms with van der Waals surface area (Å²) in [6.07, 6.45) is 2.04. The Morgan fingerprint density at radius 1 is 0.704 bits per heavy atom. The van der Waals surface area contributed by atoms with Crippen molar-refractivity contribution in [2.45, 2.75) is 19.6 Å².